The van der Waals surface area contributed by atoms with Crippen LogP contribution in [0.2, 0.25) is 0 Å². The Bertz CT molecular complexity index is 318. The van der Waals surface area contributed by atoms with E-state index in [1.165, 1.54) is 19.3 Å². The number of carboxylic acid groups (broad SMARTS) is 1. The van der Waals surface area contributed by atoms with Gasteiger partial charge in [-0.25, -0.2) is 4.79 Å². The highest BCUT2D eigenvalue weighted by atomic mass is 16.4. The standard InChI is InChI=1S/C12H19NO4/c14-6-10(12(16)17)13-11(15)5-9-4-7-1-2-8(9)3-7/h7-10,14H,1-6H2,(H,13,15)(H,16,17)/t7?,8?,9?,10-/m1/s1. The third-order valence-electron chi connectivity index (χ3n) is 4.15. The van der Waals surface area contributed by atoms with Crippen LogP contribution in [0.5, 0.6) is 0 Å². The van der Waals surface area contributed by atoms with Crippen LogP contribution in [0.25, 0.3) is 0 Å². The van der Waals surface area contributed by atoms with Gasteiger partial charge in [0.15, 0.2) is 0 Å². The van der Waals surface area contributed by atoms with Crippen molar-refractivity contribution < 1.29 is 19.8 Å². The van der Waals surface area contributed by atoms with Crippen LogP contribution in [0.3, 0.4) is 0 Å². The molecule has 0 aliphatic heterocycles. The Morgan fingerprint density at radius 3 is 2.53 bits per heavy atom. The van der Waals surface area contributed by atoms with E-state index in [-0.39, 0.29) is 5.91 Å². The summed E-state index contributed by atoms with van der Waals surface area (Å²) in [4.78, 5) is 22.3. The summed E-state index contributed by atoms with van der Waals surface area (Å²) in [6, 6.07) is -1.17. The molecule has 2 aliphatic rings. The van der Waals surface area contributed by atoms with Crippen molar-refractivity contribution in [2.75, 3.05) is 6.61 Å². The van der Waals surface area contributed by atoms with Gasteiger partial charge in [-0.3, -0.25) is 4.79 Å². The van der Waals surface area contributed by atoms with Gasteiger partial charge >= 0.3 is 5.97 Å². The molecule has 0 aromatic heterocycles. The van der Waals surface area contributed by atoms with Gasteiger partial charge in [-0.05, 0) is 37.0 Å². The molecule has 2 aliphatic carbocycles. The lowest BCUT2D eigenvalue weighted by Gasteiger charge is -2.21. The van der Waals surface area contributed by atoms with Crippen molar-refractivity contribution in [3.8, 4) is 0 Å². The molecular weight excluding hydrogens is 222 g/mol. The van der Waals surface area contributed by atoms with Gasteiger partial charge in [0.25, 0.3) is 0 Å². The maximum atomic E-state index is 11.7. The van der Waals surface area contributed by atoms with Crippen LogP contribution in [0, 0.1) is 17.8 Å². The largest absolute Gasteiger partial charge is 0.480 e. The summed E-state index contributed by atoms with van der Waals surface area (Å²) < 4.78 is 0. The molecule has 0 aromatic carbocycles. The van der Waals surface area contributed by atoms with Gasteiger partial charge in [-0.15, -0.1) is 0 Å². The van der Waals surface area contributed by atoms with Gasteiger partial charge in [0.05, 0.1) is 6.61 Å². The molecule has 0 radical (unpaired) electrons. The Morgan fingerprint density at radius 1 is 1.29 bits per heavy atom. The van der Waals surface area contributed by atoms with E-state index in [0.29, 0.717) is 18.3 Å². The highest BCUT2D eigenvalue weighted by Gasteiger charge is 2.40. The molecule has 96 valence electrons. The van der Waals surface area contributed by atoms with Crippen molar-refractivity contribution in [2.24, 2.45) is 17.8 Å². The molecule has 3 N–H and O–H groups in total. The number of hydrogen-bond acceptors (Lipinski definition) is 3. The van der Waals surface area contributed by atoms with Crippen molar-refractivity contribution in [2.45, 2.75) is 38.1 Å². The number of nitrogens with one attached hydrogen (secondary N) is 1. The van der Waals surface area contributed by atoms with E-state index in [0.717, 1.165) is 12.3 Å². The van der Waals surface area contributed by atoms with Crippen molar-refractivity contribution in [1.82, 2.24) is 5.32 Å². The molecule has 3 unspecified atom stereocenters. The summed E-state index contributed by atoms with van der Waals surface area (Å²) in [7, 11) is 0. The molecule has 17 heavy (non-hydrogen) atoms. The minimum absolute atomic E-state index is 0.246. The molecule has 0 saturated heterocycles. The molecule has 1 amide bonds. The number of fused-ring (bicyclic) bond motifs is 2. The first-order valence-corrected chi connectivity index (χ1v) is 6.23. The molecule has 0 spiro atoms. The zero-order valence-electron chi connectivity index (χ0n) is 9.76. The van der Waals surface area contributed by atoms with E-state index in [1.54, 1.807) is 0 Å². The molecule has 5 nitrogen and oxygen atoms in total. The van der Waals surface area contributed by atoms with Crippen molar-refractivity contribution >= 4 is 11.9 Å². The van der Waals surface area contributed by atoms with Crippen LogP contribution in [0.1, 0.15) is 32.1 Å². The number of aliphatic hydroxyl groups excluding tert-OH is 1. The Morgan fingerprint density at radius 2 is 2.06 bits per heavy atom. The zero-order valence-corrected chi connectivity index (χ0v) is 9.76. The second-order valence-electron chi connectivity index (χ2n) is 5.28. The number of amides is 1. The van der Waals surface area contributed by atoms with Crippen LogP contribution >= 0.6 is 0 Å². The molecule has 2 saturated carbocycles. The Labute approximate surface area is 100 Å². The zero-order chi connectivity index (χ0) is 12.4. The minimum Gasteiger partial charge on any atom is -0.480 e. The summed E-state index contributed by atoms with van der Waals surface area (Å²) in [5.74, 6) is 0.425. The molecule has 0 aromatic rings. The average Bonchev–Trinajstić information content (AvgIpc) is 2.87. The molecule has 5 heteroatoms. The predicted octanol–water partition coefficient (Wildman–Crippen LogP) is 0.374. The van der Waals surface area contributed by atoms with Gasteiger partial charge < -0.3 is 15.5 Å². The summed E-state index contributed by atoms with van der Waals surface area (Å²) in [6.45, 7) is -0.558. The Hall–Kier alpha value is -1.10. The summed E-state index contributed by atoms with van der Waals surface area (Å²) in [5.41, 5.74) is 0. The van der Waals surface area contributed by atoms with E-state index < -0.39 is 18.6 Å². The number of carbonyl (C=O) groups is 2. The lowest BCUT2D eigenvalue weighted by Crippen LogP contribution is -2.44. The fourth-order valence-electron chi connectivity index (χ4n) is 3.30. The van der Waals surface area contributed by atoms with Crippen molar-refractivity contribution in [3.63, 3.8) is 0 Å². The maximum Gasteiger partial charge on any atom is 0.328 e. The Balaban J connectivity index is 1.79. The van der Waals surface area contributed by atoms with E-state index >= 15 is 0 Å². The summed E-state index contributed by atoms with van der Waals surface area (Å²) in [6.07, 6.45) is 5.25. The van der Waals surface area contributed by atoms with Gasteiger partial charge in [0.2, 0.25) is 5.91 Å². The topological polar surface area (TPSA) is 86.6 Å². The minimum atomic E-state index is -1.19. The van der Waals surface area contributed by atoms with Gasteiger partial charge in [0, 0.05) is 6.42 Å². The van der Waals surface area contributed by atoms with E-state index in [4.69, 9.17) is 10.2 Å². The quantitative estimate of drug-likeness (QED) is 0.649. The summed E-state index contributed by atoms with van der Waals surface area (Å²) >= 11 is 0. The number of carboxylic acids is 1. The van der Waals surface area contributed by atoms with E-state index in [2.05, 4.69) is 5.32 Å². The van der Waals surface area contributed by atoms with E-state index in [9.17, 15) is 9.59 Å². The monoisotopic (exact) mass is 241 g/mol. The first-order valence-electron chi connectivity index (χ1n) is 6.23. The number of aliphatic carboxylic acids is 1. The molecular formula is C12H19NO4. The predicted molar refractivity (Wildman–Crippen MR) is 60.2 cm³/mol. The summed E-state index contributed by atoms with van der Waals surface area (Å²) in [5, 5.41) is 19.9. The van der Waals surface area contributed by atoms with Gasteiger partial charge in [-0.2, -0.15) is 0 Å². The first kappa shape index (κ1) is 12.4. The van der Waals surface area contributed by atoms with Crippen LogP contribution in [-0.4, -0.2) is 34.7 Å². The molecule has 0 heterocycles. The van der Waals surface area contributed by atoms with Crippen molar-refractivity contribution in [1.29, 1.82) is 0 Å². The Kier molecular flexibility index (Phi) is 3.66. The smallest absolute Gasteiger partial charge is 0.328 e. The number of carbonyl (C=O) groups excluding carboxylic acids is 1. The third kappa shape index (κ3) is 2.77. The van der Waals surface area contributed by atoms with Crippen molar-refractivity contribution in [3.05, 3.63) is 0 Å². The van der Waals surface area contributed by atoms with Crippen LogP contribution in [0.4, 0.5) is 0 Å². The number of hydrogen-bond donors (Lipinski definition) is 3. The number of rotatable bonds is 5. The first-order chi connectivity index (χ1) is 8.10. The average molecular weight is 241 g/mol. The van der Waals surface area contributed by atoms with E-state index in [1.807, 2.05) is 0 Å². The highest BCUT2D eigenvalue weighted by molar-refractivity contribution is 5.83. The third-order valence-corrected chi connectivity index (χ3v) is 4.15. The van der Waals surface area contributed by atoms with Gasteiger partial charge in [-0.1, -0.05) is 6.42 Å². The van der Waals surface area contributed by atoms with Crippen LogP contribution < -0.4 is 5.32 Å². The normalized spacial score (nSPS) is 32.4. The second kappa shape index (κ2) is 5.04. The molecule has 4 atom stereocenters. The fourth-order valence-corrected chi connectivity index (χ4v) is 3.30. The second-order valence-corrected chi connectivity index (χ2v) is 5.28. The molecule has 2 fully saturated rings. The molecule has 2 bridgehead atoms. The SMILES string of the molecule is O=C(CC1CC2CCC1C2)N[C@H](CO)C(=O)O. The van der Waals surface area contributed by atoms with Crippen LogP contribution in [-0.2, 0) is 9.59 Å². The lowest BCUT2D eigenvalue weighted by molar-refractivity contribution is -0.143. The fraction of sp³-hybridized carbons (Fsp3) is 0.833. The maximum absolute atomic E-state index is 11.7. The molecule has 2 rings (SSSR count). The van der Waals surface area contributed by atoms with Crippen LogP contribution in [0.15, 0.2) is 0 Å². The highest BCUT2D eigenvalue weighted by Crippen LogP contribution is 2.49. The van der Waals surface area contributed by atoms with Gasteiger partial charge in [0.1, 0.15) is 6.04 Å². The lowest BCUT2D eigenvalue weighted by atomic mass is 9.86. The number of aliphatic hydroxyl groups is 1.